The van der Waals surface area contributed by atoms with E-state index in [-0.39, 0.29) is 11.9 Å². The summed E-state index contributed by atoms with van der Waals surface area (Å²) >= 11 is 0. The molecule has 2 heteroatoms. The minimum atomic E-state index is -0.176. The van der Waals surface area contributed by atoms with Gasteiger partial charge in [0.2, 0.25) is 0 Å². The van der Waals surface area contributed by atoms with Crippen LogP contribution in [0.5, 0.6) is 0 Å². The number of methoxy groups -OCH3 is 1. The summed E-state index contributed by atoms with van der Waals surface area (Å²) < 4.78 is 18.4. The molecule has 1 rings (SSSR count). The van der Waals surface area contributed by atoms with E-state index >= 15 is 0 Å². The predicted octanol–water partition coefficient (Wildman–Crippen LogP) is 2.84. The van der Waals surface area contributed by atoms with Crippen molar-refractivity contribution in [2.75, 3.05) is 7.11 Å². The van der Waals surface area contributed by atoms with Crippen molar-refractivity contribution in [2.45, 2.75) is 20.0 Å². The van der Waals surface area contributed by atoms with Crippen LogP contribution in [0, 0.1) is 12.7 Å². The number of hydrogen-bond acceptors (Lipinski definition) is 1. The number of benzene rings is 1. The third-order valence-corrected chi connectivity index (χ3v) is 2.01. The highest BCUT2D eigenvalue weighted by atomic mass is 19.1. The Morgan fingerprint density at radius 2 is 2.08 bits per heavy atom. The first-order valence-corrected chi connectivity index (χ1v) is 3.94. The zero-order valence-electron chi connectivity index (χ0n) is 7.60. The number of rotatable bonds is 2. The monoisotopic (exact) mass is 168 g/mol. The molecular weight excluding hydrogens is 155 g/mol. The van der Waals surface area contributed by atoms with Crippen LogP contribution in [0.25, 0.3) is 0 Å². The Kier molecular flexibility index (Phi) is 2.82. The average Bonchev–Trinajstić information content (AvgIpc) is 2.08. The molecule has 0 bridgehead atoms. The van der Waals surface area contributed by atoms with Crippen molar-refractivity contribution in [3.8, 4) is 0 Å². The summed E-state index contributed by atoms with van der Waals surface area (Å²) in [7, 11) is 1.58. The molecule has 0 amide bonds. The fraction of sp³-hybridized carbons (Fsp3) is 0.400. The highest BCUT2D eigenvalue weighted by molar-refractivity contribution is 5.26. The van der Waals surface area contributed by atoms with Crippen molar-refractivity contribution in [3.05, 3.63) is 35.1 Å². The van der Waals surface area contributed by atoms with Crippen molar-refractivity contribution in [1.82, 2.24) is 0 Å². The van der Waals surface area contributed by atoms with Gasteiger partial charge in [0, 0.05) is 12.7 Å². The molecule has 0 aliphatic heterocycles. The van der Waals surface area contributed by atoms with Crippen LogP contribution in [-0.4, -0.2) is 7.11 Å². The normalized spacial score (nSPS) is 13.0. The van der Waals surface area contributed by atoms with E-state index in [2.05, 4.69) is 0 Å². The average molecular weight is 168 g/mol. The molecule has 0 N–H and O–H groups in total. The van der Waals surface area contributed by atoms with Crippen molar-refractivity contribution >= 4 is 0 Å². The van der Waals surface area contributed by atoms with Crippen LogP contribution in [0.15, 0.2) is 18.2 Å². The van der Waals surface area contributed by atoms with Gasteiger partial charge in [-0.15, -0.1) is 0 Å². The van der Waals surface area contributed by atoms with Gasteiger partial charge in [-0.2, -0.15) is 0 Å². The van der Waals surface area contributed by atoms with Crippen LogP contribution < -0.4 is 0 Å². The zero-order chi connectivity index (χ0) is 9.14. The van der Waals surface area contributed by atoms with Gasteiger partial charge < -0.3 is 4.74 Å². The van der Waals surface area contributed by atoms with E-state index in [1.807, 2.05) is 13.0 Å². The third kappa shape index (κ3) is 1.64. The van der Waals surface area contributed by atoms with Gasteiger partial charge in [-0.25, -0.2) is 4.39 Å². The Hall–Kier alpha value is -0.890. The van der Waals surface area contributed by atoms with Gasteiger partial charge in [-0.1, -0.05) is 18.2 Å². The molecule has 0 aliphatic rings. The summed E-state index contributed by atoms with van der Waals surface area (Å²) in [5.41, 5.74) is 1.29. The maximum atomic E-state index is 13.4. The first-order chi connectivity index (χ1) is 5.66. The van der Waals surface area contributed by atoms with Crippen LogP contribution in [0.4, 0.5) is 4.39 Å². The Bertz CT molecular complexity index is 271. The quantitative estimate of drug-likeness (QED) is 0.659. The number of ether oxygens (including phenoxy) is 1. The molecular formula is C10H13FO. The largest absolute Gasteiger partial charge is 0.377 e. The van der Waals surface area contributed by atoms with Crippen LogP contribution in [0.2, 0.25) is 0 Å². The van der Waals surface area contributed by atoms with E-state index in [0.29, 0.717) is 11.1 Å². The predicted molar refractivity (Wildman–Crippen MR) is 46.6 cm³/mol. The Labute approximate surface area is 72.2 Å². The minimum absolute atomic E-state index is 0.160. The zero-order valence-corrected chi connectivity index (χ0v) is 7.60. The van der Waals surface area contributed by atoms with Crippen LogP contribution in [0.3, 0.4) is 0 Å². The maximum Gasteiger partial charge on any atom is 0.131 e. The number of halogens is 1. The lowest BCUT2D eigenvalue weighted by Gasteiger charge is -2.11. The molecule has 0 saturated carbocycles. The lowest BCUT2D eigenvalue weighted by atomic mass is 10.1. The summed E-state index contributed by atoms with van der Waals surface area (Å²) in [5, 5.41) is 0. The van der Waals surface area contributed by atoms with E-state index < -0.39 is 0 Å². The van der Waals surface area contributed by atoms with E-state index in [4.69, 9.17) is 4.74 Å². The molecule has 0 aliphatic carbocycles. The molecule has 0 spiro atoms. The van der Waals surface area contributed by atoms with Crippen LogP contribution in [-0.2, 0) is 4.74 Å². The molecule has 1 nitrogen and oxygen atoms in total. The second kappa shape index (κ2) is 3.68. The van der Waals surface area contributed by atoms with E-state index in [1.54, 1.807) is 26.2 Å². The first kappa shape index (κ1) is 9.20. The smallest absolute Gasteiger partial charge is 0.131 e. The molecule has 1 atom stereocenters. The van der Waals surface area contributed by atoms with E-state index in [1.165, 1.54) is 0 Å². The van der Waals surface area contributed by atoms with Gasteiger partial charge in [0.1, 0.15) is 5.82 Å². The summed E-state index contributed by atoms with van der Waals surface area (Å²) in [6.45, 7) is 3.58. The Balaban J connectivity index is 3.07. The molecule has 12 heavy (non-hydrogen) atoms. The first-order valence-electron chi connectivity index (χ1n) is 3.94. The minimum Gasteiger partial charge on any atom is -0.377 e. The maximum absolute atomic E-state index is 13.4. The van der Waals surface area contributed by atoms with Crippen LogP contribution in [0.1, 0.15) is 24.2 Å². The highest BCUT2D eigenvalue weighted by Gasteiger charge is 2.10. The number of aryl methyl sites for hydroxylation is 1. The van der Waals surface area contributed by atoms with Gasteiger partial charge in [0.05, 0.1) is 6.10 Å². The fourth-order valence-electron chi connectivity index (χ4n) is 1.11. The highest BCUT2D eigenvalue weighted by Crippen LogP contribution is 2.21. The summed E-state index contributed by atoms with van der Waals surface area (Å²) in [6, 6.07) is 5.33. The second-order valence-corrected chi connectivity index (χ2v) is 2.86. The van der Waals surface area contributed by atoms with Crippen molar-refractivity contribution in [1.29, 1.82) is 0 Å². The fourth-order valence-corrected chi connectivity index (χ4v) is 1.11. The topological polar surface area (TPSA) is 9.23 Å². The van der Waals surface area contributed by atoms with Crippen molar-refractivity contribution < 1.29 is 9.13 Å². The van der Waals surface area contributed by atoms with Gasteiger partial charge in [-0.3, -0.25) is 0 Å². The van der Waals surface area contributed by atoms with Gasteiger partial charge in [0.15, 0.2) is 0 Å². The molecule has 0 fully saturated rings. The van der Waals surface area contributed by atoms with Gasteiger partial charge in [0.25, 0.3) is 0 Å². The Morgan fingerprint density at radius 1 is 1.42 bits per heavy atom. The molecule has 1 aromatic rings. The van der Waals surface area contributed by atoms with Crippen LogP contribution >= 0.6 is 0 Å². The molecule has 0 radical (unpaired) electrons. The van der Waals surface area contributed by atoms with Crippen molar-refractivity contribution in [2.24, 2.45) is 0 Å². The molecule has 0 saturated heterocycles. The van der Waals surface area contributed by atoms with Crippen molar-refractivity contribution in [3.63, 3.8) is 0 Å². The molecule has 0 heterocycles. The molecule has 66 valence electrons. The lowest BCUT2D eigenvalue weighted by molar-refractivity contribution is 0.116. The molecule has 0 aromatic heterocycles. The SMILES string of the molecule is COC(C)c1cccc(C)c1F. The molecule has 1 unspecified atom stereocenters. The molecule has 1 aromatic carbocycles. The van der Waals surface area contributed by atoms with Gasteiger partial charge in [-0.05, 0) is 19.4 Å². The number of hydrogen-bond donors (Lipinski definition) is 0. The Morgan fingerprint density at radius 3 is 2.67 bits per heavy atom. The summed E-state index contributed by atoms with van der Waals surface area (Å²) in [6.07, 6.45) is -0.176. The van der Waals surface area contributed by atoms with Gasteiger partial charge >= 0.3 is 0 Å². The second-order valence-electron chi connectivity index (χ2n) is 2.86. The summed E-state index contributed by atoms with van der Waals surface area (Å²) in [4.78, 5) is 0. The lowest BCUT2D eigenvalue weighted by Crippen LogP contribution is -2.00. The van der Waals surface area contributed by atoms with E-state index in [9.17, 15) is 4.39 Å². The summed E-state index contributed by atoms with van der Waals surface area (Å²) in [5.74, 6) is -0.160. The standard InChI is InChI=1S/C10H13FO/c1-7-5-4-6-9(10(7)11)8(2)12-3/h4-6,8H,1-3H3. The third-order valence-electron chi connectivity index (χ3n) is 2.01. The van der Waals surface area contributed by atoms with E-state index in [0.717, 1.165) is 0 Å².